The Labute approximate surface area is 111 Å². The SMILES string of the molecule is CCCCN1CCC[C@H]1c1ccc(NC)nc1C. The van der Waals surface area contributed by atoms with Crippen molar-refractivity contribution in [2.45, 2.75) is 45.6 Å². The fourth-order valence-corrected chi connectivity index (χ4v) is 2.87. The Kier molecular flexibility index (Phi) is 4.59. The van der Waals surface area contributed by atoms with Gasteiger partial charge < -0.3 is 5.32 Å². The highest BCUT2D eigenvalue weighted by Crippen LogP contribution is 2.33. The van der Waals surface area contributed by atoms with E-state index >= 15 is 0 Å². The van der Waals surface area contributed by atoms with Crippen LogP contribution in [0.4, 0.5) is 5.82 Å². The van der Waals surface area contributed by atoms with Gasteiger partial charge in [-0.25, -0.2) is 4.98 Å². The summed E-state index contributed by atoms with van der Waals surface area (Å²) in [6.07, 6.45) is 5.18. The smallest absolute Gasteiger partial charge is 0.125 e. The average molecular weight is 247 g/mol. The van der Waals surface area contributed by atoms with Crippen molar-refractivity contribution < 1.29 is 0 Å². The summed E-state index contributed by atoms with van der Waals surface area (Å²) in [5, 5.41) is 3.11. The van der Waals surface area contributed by atoms with E-state index in [0.29, 0.717) is 6.04 Å². The number of nitrogens with one attached hydrogen (secondary N) is 1. The monoisotopic (exact) mass is 247 g/mol. The van der Waals surface area contributed by atoms with Crippen molar-refractivity contribution in [1.82, 2.24) is 9.88 Å². The van der Waals surface area contributed by atoms with Gasteiger partial charge in [0, 0.05) is 18.8 Å². The Hall–Kier alpha value is -1.09. The lowest BCUT2D eigenvalue weighted by Crippen LogP contribution is -2.25. The molecule has 0 aromatic carbocycles. The van der Waals surface area contributed by atoms with Gasteiger partial charge in [0.1, 0.15) is 5.82 Å². The lowest BCUT2D eigenvalue weighted by molar-refractivity contribution is 0.252. The molecule has 1 atom stereocenters. The summed E-state index contributed by atoms with van der Waals surface area (Å²) in [7, 11) is 1.92. The minimum Gasteiger partial charge on any atom is -0.373 e. The van der Waals surface area contributed by atoms with Gasteiger partial charge in [-0.2, -0.15) is 0 Å². The minimum absolute atomic E-state index is 0.593. The molecule has 2 rings (SSSR count). The van der Waals surface area contributed by atoms with Gasteiger partial charge in [-0.05, 0) is 50.9 Å². The van der Waals surface area contributed by atoms with E-state index < -0.39 is 0 Å². The summed E-state index contributed by atoms with van der Waals surface area (Å²) in [6.45, 7) is 6.87. The molecule has 1 fully saturated rings. The van der Waals surface area contributed by atoms with Crippen LogP contribution in [-0.2, 0) is 0 Å². The van der Waals surface area contributed by atoms with E-state index in [1.54, 1.807) is 0 Å². The Bertz CT molecular complexity index is 389. The van der Waals surface area contributed by atoms with Gasteiger partial charge in [-0.3, -0.25) is 4.90 Å². The maximum Gasteiger partial charge on any atom is 0.125 e. The second-order valence-electron chi connectivity index (χ2n) is 5.17. The predicted octanol–water partition coefficient (Wildman–Crippen LogP) is 3.37. The number of nitrogens with zero attached hydrogens (tertiary/aromatic N) is 2. The zero-order valence-corrected chi connectivity index (χ0v) is 11.9. The van der Waals surface area contributed by atoms with Gasteiger partial charge in [0.15, 0.2) is 0 Å². The highest BCUT2D eigenvalue weighted by molar-refractivity contribution is 5.39. The van der Waals surface area contributed by atoms with Crippen LogP contribution < -0.4 is 5.32 Å². The van der Waals surface area contributed by atoms with Crippen LogP contribution in [0.3, 0.4) is 0 Å². The predicted molar refractivity (Wildman–Crippen MR) is 77.0 cm³/mol. The molecule has 1 aliphatic rings. The summed E-state index contributed by atoms with van der Waals surface area (Å²) >= 11 is 0. The van der Waals surface area contributed by atoms with Gasteiger partial charge in [-0.15, -0.1) is 0 Å². The first-order valence-electron chi connectivity index (χ1n) is 7.15. The lowest BCUT2D eigenvalue weighted by atomic mass is 10.0. The molecule has 2 heterocycles. The van der Waals surface area contributed by atoms with Crippen molar-refractivity contribution in [3.63, 3.8) is 0 Å². The first-order chi connectivity index (χ1) is 8.76. The molecule has 0 radical (unpaired) electrons. The van der Waals surface area contributed by atoms with Gasteiger partial charge in [0.2, 0.25) is 0 Å². The Morgan fingerprint density at radius 1 is 1.44 bits per heavy atom. The van der Waals surface area contributed by atoms with E-state index in [4.69, 9.17) is 0 Å². The third-order valence-electron chi connectivity index (χ3n) is 3.90. The van der Waals surface area contributed by atoms with Gasteiger partial charge in [0.25, 0.3) is 0 Å². The van der Waals surface area contributed by atoms with Crippen LogP contribution in [0.2, 0.25) is 0 Å². The Morgan fingerprint density at radius 3 is 2.94 bits per heavy atom. The van der Waals surface area contributed by atoms with E-state index in [0.717, 1.165) is 5.82 Å². The number of likely N-dealkylation sites (tertiary alicyclic amines) is 1. The molecule has 3 nitrogen and oxygen atoms in total. The van der Waals surface area contributed by atoms with Crippen molar-refractivity contribution in [3.8, 4) is 0 Å². The fourth-order valence-electron chi connectivity index (χ4n) is 2.87. The maximum atomic E-state index is 4.61. The fraction of sp³-hybridized carbons (Fsp3) is 0.667. The van der Waals surface area contributed by atoms with Gasteiger partial charge >= 0.3 is 0 Å². The summed E-state index contributed by atoms with van der Waals surface area (Å²) in [5.74, 6) is 0.967. The molecular formula is C15H25N3. The molecular weight excluding hydrogens is 222 g/mol. The second kappa shape index (κ2) is 6.19. The number of anilines is 1. The molecule has 1 aromatic heterocycles. The number of aromatic nitrogens is 1. The van der Waals surface area contributed by atoms with E-state index in [9.17, 15) is 0 Å². The van der Waals surface area contributed by atoms with Crippen LogP contribution in [0, 0.1) is 6.92 Å². The van der Waals surface area contributed by atoms with Crippen LogP contribution in [0.1, 0.15) is 49.9 Å². The molecule has 0 unspecified atom stereocenters. The maximum absolute atomic E-state index is 4.61. The van der Waals surface area contributed by atoms with Gasteiger partial charge in [-0.1, -0.05) is 19.4 Å². The van der Waals surface area contributed by atoms with E-state index in [1.165, 1.54) is 50.0 Å². The number of unbranched alkanes of at least 4 members (excludes halogenated alkanes) is 1. The summed E-state index contributed by atoms with van der Waals surface area (Å²) in [4.78, 5) is 7.24. The van der Waals surface area contributed by atoms with Crippen LogP contribution >= 0.6 is 0 Å². The quantitative estimate of drug-likeness (QED) is 0.864. The molecule has 1 N–H and O–H groups in total. The molecule has 0 spiro atoms. The molecule has 0 saturated carbocycles. The van der Waals surface area contributed by atoms with Crippen molar-refractivity contribution in [3.05, 3.63) is 23.4 Å². The average Bonchev–Trinajstić information content (AvgIpc) is 2.84. The zero-order valence-electron chi connectivity index (χ0n) is 11.9. The third-order valence-corrected chi connectivity index (χ3v) is 3.90. The summed E-state index contributed by atoms with van der Waals surface area (Å²) < 4.78 is 0. The van der Waals surface area contributed by atoms with Crippen LogP contribution in [0.5, 0.6) is 0 Å². The van der Waals surface area contributed by atoms with E-state index in [-0.39, 0.29) is 0 Å². The van der Waals surface area contributed by atoms with Crippen molar-refractivity contribution >= 4 is 5.82 Å². The standard InChI is InChI=1S/C15H25N3/c1-4-5-10-18-11-6-7-14(18)13-8-9-15(16-3)17-12(13)2/h8-9,14H,4-7,10-11H2,1-3H3,(H,16,17)/t14-/m0/s1. The molecule has 3 heteroatoms. The Morgan fingerprint density at radius 2 is 2.28 bits per heavy atom. The first-order valence-corrected chi connectivity index (χ1v) is 7.15. The molecule has 1 aromatic rings. The topological polar surface area (TPSA) is 28.2 Å². The summed E-state index contributed by atoms with van der Waals surface area (Å²) in [6, 6.07) is 4.94. The van der Waals surface area contributed by atoms with Crippen molar-refractivity contribution in [2.75, 3.05) is 25.5 Å². The zero-order chi connectivity index (χ0) is 13.0. The highest BCUT2D eigenvalue weighted by atomic mass is 15.2. The normalized spacial score (nSPS) is 20.3. The van der Waals surface area contributed by atoms with Crippen molar-refractivity contribution in [1.29, 1.82) is 0 Å². The molecule has 1 saturated heterocycles. The number of aryl methyl sites for hydroxylation is 1. The van der Waals surface area contributed by atoms with Gasteiger partial charge in [0.05, 0.1) is 0 Å². The van der Waals surface area contributed by atoms with E-state index in [1.807, 2.05) is 7.05 Å². The highest BCUT2D eigenvalue weighted by Gasteiger charge is 2.26. The molecule has 0 aliphatic carbocycles. The first kappa shape index (κ1) is 13.3. The molecule has 1 aliphatic heterocycles. The molecule has 0 bridgehead atoms. The Balaban J connectivity index is 2.14. The van der Waals surface area contributed by atoms with Crippen molar-refractivity contribution in [2.24, 2.45) is 0 Å². The van der Waals surface area contributed by atoms with Crippen LogP contribution in [0.15, 0.2) is 12.1 Å². The van der Waals surface area contributed by atoms with Crippen LogP contribution in [0.25, 0.3) is 0 Å². The molecule has 0 amide bonds. The number of hydrogen-bond donors (Lipinski definition) is 1. The third kappa shape index (κ3) is 2.83. The number of rotatable bonds is 5. The van der Waals surface area contributed by atoms with E-state index in [2.05, 4.69) is 41.2 Å². The number of hydrogen-bond acceptors (Lipinski definition) is 3. The van der Waals surface area contributed by atoms with Crippen LogP contribution in [-0.4, -0.2) is 30.0 Å². The minimum atomic E-state index is 0.593. The number of pyridine rings is 1. The molecule has 100 valence electrons. The lowest BCUT2D eigenvalue weighted by Gasteiger charge is -2.25. The molecule has 18 heavy (non-hydrogen) atoms. The summed E-state index contributed by atoms with van der Waals surface area (Å²) in [5.41, 5.74) is 2.60. The second-order valence-corrected chi connectivity index (χ2v) is 5.17. The largest absolute Gasteiger partial charge is 0.373 e.